The second-order valence-corrected chi connectivity index (χ2v) is 4.93. The van der Waals surface area contributed by atoms with E-state index in [4.69, 9.17) is 4.74 Å². The lowest BCUT2D eigenvalue weighted by molar-refractivity contribution is -0.143. The van der Waals surface area contributed by atoms with Crippen LogP contribution in [0.5, 0.6) is 0 Å². The van der Waals surface area contributed by atoms with Gasteiger partial charge in [-0.2, -0.15) is 0 Å². The van der Waals surface area contributed by atoms with Gasteiger partial charge in [-0.15, -0.1) is 0 Å². The maximum atomic E-state index is 11.6. The molecular formula is C16H23NO2. The average Bonchev–Trinajstić information content (AvgIpc) is 2.42. The van der Waals surface area contributed by atoms with Crippen molar-refractivity contribution in [1.29, 1.82) is 0 Å². The van der Waals surface area contributed by atoms with Gasteiger partial charge in [0.15, 0.2) is 0 Å². The van der Waals surface area contributed by atoms with Crippen LogP contribution in [0.25, 0.3) is 6.08 Å². The monoisotopic (exact) mass is 261 g/mol. The van der Waals surface area contributed by atoms with E-state index >= 15 is 0 Å². The second kappa shape index (κ2) is 8.48. The minimum atomic E-state index is -0.231. The molecule has 1 unspecified atom stereocenters. The summed E-state index contributed by atoms with van der Waals surface area (Å²) in [5.74, 6) is 0.261. The molecule has 0 aliphatic carbocycles. The number of nitrogens with one attached hydrogen (secondary N) is 1. The van der Waals surface area contributed by atoms with Crippen LogP contribution in [0.4, 0.5) is 0 Å². The first-order chi connectivity index (χ1) is 9.13. The van der Waals surface area contributed by atoms with Gasteiger partial charge < -0.3 is 10.1 Å². The second-order valence-electron chi connectivity index (χ2n) is 4.93. The van der Waals surface area contributed by atoms with Crippen LogP contribution < -0.4 is 5.32 Å². The van der Waals surface area contributed by atoms with Crippen molar-refractivity contribution in [2.45, 2.75) is 26.3 Å². The Morgan fingerprint density at radius 2 is 2.00 bits per heavy atom. The van der Waals surface area contributed by atoms with Crippen molar-refractivity contribution in [3.05, 3.63) is 42.0 Å². The van der Waals surface area contributed by atoms with Gasteiger partial charge in [-0.3, -0.25) is 4.79 Å². The van der Waals surface area contributed by atoms with Crippen LogP contribution in [0.3, 0.4) is 0 Å². The molecule has 0 heterocycles. The molecule has 0 spiro atoms. The van der Waals surface area contributed by atoms with Gasteiger partial charge in [0.2, 0.25) is 0 Å². The average molecular weight is 261 g/mol. The smallest absolute Gasteiger partial charge is 0.322 e. The number of carbonyl (C=O) groups excluding carboxylic acids is 1. The van der Waals surface area contributed by atoms with Gasteiger partial charge in [0.05, 0.1) is 7.11 Å². The number of esters is 1. The summed E-state index contributed by atoms with van der Waals surface area (Å²) < 4.78 is 4.80. The molecule has 0 saturated heterocycles. The number of hydrogen-bond acceptors (Lipinski definition) is 3. The van der Waals surface area contributed by atoms with Crippen molar-refractivity contribution in [2.75, 3.05) is 13.7 Å². The van der Waals surface area contributed by atoms with Gasteiger partial charge in [0.25, 0.3) is 0 Å². The molecule has 0 saturated carbocycles. The fourth-order valence-electron chi connectivity index (χ4n) is 1.85. The highest BCUT2D eigenvalue weighted by molar-refractivity contribution is 5.75. The Labute approximate surface area is 115 Å². The molecule has 1 N–H and O–H groups in total. The molecule has 1 aromatic carbocycles. The Bertz CT molecular complexity index is 398. The molecule has 0 aromatic heterocycles. The summed E-state index contributed by atoms with van der Waals surface area (Å²) >= 11 is 0. The lowest BCUT2D eigenvalue weighted by atomic mass is 10.0. The molecule has 1 aromatic rings. The Morgan fingerprint density at radius 3 is 2.58 bits per heavy atom. The molecule has 0 bridgehead atoms. The van der Waals surface area contributed by atoms with Crippen LogP contribution in [0.1, 0.15) is 25.8 Å². The van der Waals surface area contributed by atoms with Gasteiger partial charge in [-0.05, 0) is 17.9 Å². The Balaban J connectivity index is 2.43. The van der Waals surface area contributed by atoms with E-state index in [1.54, 1.807) is 0 Å². The molecule has 1 atom stereocenters. The van der Waals surface area contributed by atoms with E-state index in [-0.39, 0.29) is 12.0 Å². The number of benzene rings is 1. The fourth-order valence-corrected chi connectivity index (χ4v) is 1.85. The molecule has 1 rings (SSSR count). The van der Waals surface area contributed by atoms with E-state index in [1.807, 2.05) is 42.5 Å². The summed E-state index contributed by atoms with van der Waals surface area (Å²) in [5, 5.41) is 3.21. The van der Waals surface area contributed by atoms with Crippen molar-refractivity contribution in [3.63, 3.8) is 0 Å². The highest BCUT2D eigenvalue weighted by Gasteiger charge is 2.18. The number of carbonyl (C=O) groups is 1. The predicted octanol–water partition coefficient (Wildman–Crippen LogP) is 2.88. The van der Waals surface area contributed by atoms with Crippen LogP contribution in [0.2, 0.25) is 0 Å². The standard InChI is InChI=1S/C16H23NO2/c1-13(2)12-15(16(18)19-3)17-11-7-10-14-8-5-4-6-9-14/h4-10,13,15,17H,11-12H2,1-3H3. The van der Waals surface area contributed by atoms with E-state index in [1.165, 1.54) is 7.11 Å². The molecule has 3 nitrogen and oxygen atoms in total. The Hall–Kier alpha value is -1.61. The molecule has 0 fully saturated rings. The molecule has 0 radical (unpaired) electrons. The first kappa shape index (κ1) is 15.4. The maximum absolute atomic E-state index is 11.6. The van der Waals surface area contributed by atoms with E-state index in [9.17, 15) is 4.79 Å². The van der Waals surface area contributed by atoms with E-state index in [2.05, 4.69) is 19.2 Å². The summed E-state index contributed by atoms with van der Waals surface area (Å²) in [6, 6.07) is 9.85. The van der Waals surface area contributed by atoms with Gasteiger partial charge in [-0.25, -0.2) is 0 Å². The third kappa shape index (κ3) is 6.20. The van der Waals surface area contributed by atoms with Crippen LogP contribution in [-0.2, 0) is 9.53 Å². The zero-order valence-corrected chi connectivity index (χ0v) is 11.9. The van der Waals surface area contributed by atoms with Gasteiger partial charge in [-0.1, -0.05) is 56.3 Å². The van der Waals surface area contributed by atoms with Crippen molar-refractivity contribution in [3.8, 4) is 0 Å². The SMILES string of the molecule is COC(=O)C(CC(C)C)NCC=Cc1ccccc1. The molecule has 19 heavy (non-hydrogen) atoms. The minimum Gasteiger partial charge on any atom is -0.468 e. The van der Waals surface area contributed by atoms with Crippen molar-refractivity contribution < 1.29 is 9.53 Å². The van der Waals surface area contributed by atoms with Crippen LogP contribution in [-0.4, -0.2) is 25.7 Å². The largest absolute Gasteiger partial charge is 0.468 e. The van der Waals surface area contributed by atoms with Crippen molar-refractivity contribution in [2.24, 2.45) is 5.92 Å². The summed E-state index contributed by atoms with van der Waals surface area (Å²) in [6.45, 7) is 4.84. The lowest BCUT2D eigenvalue weighted by Crippen LogP contribution is -2.38. The summed E-state index contributed by atoms with van der Waals surface area (Å²) in [5.41, 5.74) is 1.16. The van der Waals surface area contributed by atoms with Crippen LogP contribution >= 0.6 is 0 Å². The molecule has 104 valence electrons. The van der Waals surface area contributed by atoms with E-state index < -0.39 is 0 Å². The third-order valence-electron chi connectivity index (χ3n) is 2.78. The number of rotatable bonds is 7. The third-order valence-corrected chi connectivity index (χ3v) is 2.78. The quantitative estimate of drug-likeness (QED) is 0.767. The Morgan fingerprint density at radius 1 is 1.32 bits per heavy atom. The molecule has 0 amide bonds. The van der Waals surface area contributed by atoms with E-state index in [0.29, 0.717) is 12.5 Å². The van der Waals surface area contributed by atoms with Gasteiger partial charge in [0.1, 0.15) is 6.04 Å². The molecule has 0 aliphatic rings. The fraction of sp³-hybridized carbons (Fsp3) is 0.438. The highest BCUT2D eigenvalue weighted by Crippen LogP contribution is 2.06. The van der Waals surface area contributed by atoms with Crippen LogP contribution in [0, 0.1) is 5.92 Å². The van der Waals surface area contributed by atoms with Crippen molar-refractivity contribution in [1.82, 2.24) is 5.32 Å². The normalized spacial score (nSPS) is 12.8. The number of methoxy groups -OCH3 is 1. The molecule has 0 aliphatic heterocycles. The maximum Gasteiger partial charge on any atom is 0.322 e. The first-order valence-corrected chi connectivity index (χ1v) is 6.66. The van der Waals surface area contributed by atoms with Crippen molar-refractivity contribution >= 4 is 12.0 Å². The number of hydrogen-bond donors (Lipinski definition) is 1. The summed E-state index contributed by atoms with van der Waals surface area (Å²) in [7, 11) is 1.43. The number of ether oxygens (including phenoxy) is 1. The Kier molecular flexibility index (Phi) is 6.90. The predicted molar refractivity (Wildman–Crippen MR) is 78.7 cm³/mol. The zero-order chi connectivity index (χ0) is 14.1. The van der Waals surface area contributed by atoms with Gasteiger partial charge >= 0.3 is 5.97 Å². The summed E-state index contributed by atoms with van der Waals surface area (Å²) in [4.78, 5) is 11.6. The zero-order valence-electron chi connectivity index (χ0n) is 11.9. The lowest BCUT2D eigenvalue weighted by Gasteiger charge is -2.17. The summed E-state index contributed by atoms with van der Waals surface area (Å²) in [6.07, 6.45) is 4.84. The topological polar surface area (TPSA) is 38.3 Å². The minimum absolute atomic E-state index is 0.193. The first-order valence-electron chi connectivity index (χ1n) is 6.66. The van der Waals surface area contributed by atoms with E-state index in [0.717, 1.165) is 12.0 Å². The highest BCUT2D eigenvalue weighted by atomic mass is 16.5. The van der Waals surface area contributed by atoms with Crippen LogP contribution in [0.15, 0.2) is 36.4 Å². The van der Waals surface area contributed by atoms with Gasteiger partial charge in [0, 0.05) is 6.54 Å². The molecule has 3 heteroatoms. The molecular weight excluding hydrogens is 238 g/mol.